The van der Waals surface area contributed by atoms with Crippen LogP contribution in [0.1, 0.15) is 16.8 Å². The Morgan fingerprint density at radius 2 is 1.92 bits per heavy atom. The molecule has 0 amide bonds. The Morgan fingerprint density at radius 3 is 2.58 bits per heavy atom. The summed E-state index contributed by atoms with van der Waals surface area (Å²) in [7, 11) is -2.10. The number of ether oxygens (including phenoxy) is 1. The average molecular weight is 372 g/mol. The molecule has 0 saturated carbocycles. The first kappa shape index (κ1) is 17.9. The van der Waals surface area contributed by atoms with Gasteiger partial charge in [0.25, 0.3) is 10.0 Å². The Morgan fingerprint density at radius 1 is 1.15 bits per heavy atom. The summed E-state index contributed by atoms with van der Waals surface area (Å²) < 4.78 is 35.7. The Kier molecular flexibility index (Phi) is 4.69. The van der Waals surface area contributed by atoms with Crippen LogP contribution in [-0.4, -0.2) is 23.2 Å². The first-order valence-corrected chi connectivity index (χ1v) is 9.48. The van der Waals surface area contributed by atoms with Crippen LogP contribution in [0.25, 0.3) is 0 Å². The highest BCUT2D eigenvalue weighted by Crippen LogP contribution is 2.33. The lowest BCUT2D eigenvalue weighted by molar-refractivity contribution is 0.430. The fourth-order valence-corrected chi connectivity index (χ4v) is 4.02. The highest BCUT2D eigenvalue weighted by Gasteiger charge is 2.24. The number of nitrogens with zero attached hydrogens (tertiary/aromatic N) is 3. The smallest absolute Gasteiger partial charge is 0.262 e. The summed E-state index contributed by atoms with van der Waals surface area (Å²) in [6.45, 7) is 5.41. The van der Waals surface area contributed by atoms with Gasteiger partial charge in [-0.05, 0) is 44.5 Å². The van der Waals surface area contributed by atoms with Gasteiger partial charge in [0.2, 0.25) is 5.88 Å². The fraction of sp³-hybridized carbons (Fsp3) is 0.222. The maximum atomic E-state index is 12.9. The number of hydrogen-bond donors (Lipinski definition) is 1. The van der Waals surface area contributed by atoms with Gasteiger partial charge in [-0.15, -0.1) is 0 Å². The predicted octanol–water partition coefficient (Wildman–Crippen LogP) is 3.33. The lowest BCUT2D eigenvalue weighted by Crippen LogP contribution is -2.15. The third-order valence-corrected chi connectivity index (χ3v) is 5.38. The Labute approximate surface area is 152 Å². The monoisotopic (exact) mass is 372 g/mol. The van der Waals surface area contributed by atoms with E-state index in [2.05, 4.69) is 14.8 Å². The topological polar surface area (TPSA) is 86.1 Å². The van der Waals surface area contributed by atoms with Crippen molar-refractivity contribution in [1.82, 2.24) is 14.8 Å². The van der Waals surface area contributed by atoms with Gasteiger partial charge in [0.15, 0.2) is 0 Å². The van der Waals surface area contributed by atoms with Crippen molar-refractivity contribution in [3.63, 3.8) is 0 Å². The number of rotatable bonds is 5. The summed E-state index contributed by atoms with van der Waals surface area (Å²) in [4.78, 5) is 4.22. The van der Waals surface area contributed by atoms with Crippen LogP contribution in [0, 0.1) is 20.8 Å². The summed E-state index contributed by atoms with van der Waals surface area (Å²) in [5, 5.41) is 4.27. The molecule has 0 fully saturated rings. The molecule has 3 aromatic rings. The summed E-state index contributed by atoms with van der Waals surface area (Å²) in [5.41, 5.74) is 2.49. The summed E-state index contributed by atoms with van der Waals surface area (Å²) >= 11 is 0. The SMILES string of the molecule is Cc1ccc(S(=O)(=O)Nc2c(C)nn(C)c2Oc2cccnc2)c(C)c1. The molecule has 0 aliphatic carbocycles. The minimum atomic E-state index is -3.78. The first-order valence-electron chi connectivity index (χ1n) is 7.99. The number of pyridine rings is 1. The van der Waals surface area contributed by atoms with Crippen LogP contribution >= 0.6 is 0 Å². The zero-order valence-corrected chi connectivity index (χ0v) is 15.8. The molecule has 0 bridgehead atoms. The number of aromatic nitrogens is 3. The van der Waals surface area contributed by atoms with Gasteiger partial charge in [-0.25, -0.2) is 13.1 Å². The lowest BCUT2D eigenvalue weighted by atomic mass is 10.2. The second kappa shape index (κ2) is 6.80. The van der Waals surface area contributed by atoms with E-state index >= 15 is 0 Å². The summed E-state index contributed by atoms with van der Waals surface area (Å²) in [5.74, 6) is 0.784. The molecule has 1 aromatic carbocycles. The molecular formula is C18H20N4O3S. The van der Waals surface area contributed by atoms with Gasteiger partial charge in [-0.1, -0.05) is 17.7 Å². The zero-order valence-electron chi connectivity index (χ0n) is 15.0. The van der Waals surface area contributed by atoms with E-state index in [4.69, 9.17) is 4.74 Å². The second-order valence-electron chi connectivity index (χ2n) is 6.05. The van der Waals surface area contributed by atoms with Gasteiger partial charge in [-0.2, -0.15) is 5.10 Å². The molecule has 3 rings (SSSR count). The largest absolute Gasteiger partial charge is 0.436 e. The molecule has 0 spiro atoms. The molecule has 2 heterocycles. The highest BCUT2D eigenvalue weighted by molar-refractivity contribution is 7.92. The minimum Gasteiger partial charge on any atom is -0.436 e. The van der Waals surface area contributed by atoms with E-state index in [9.17, 15) is 8.42 Å². The molecule has 7 nitrogen and oxygen atoms in total. The van der Waals surface area contributed by atoms with E-state index in [0.717, 1.165) is 5.56 Å². The van der Waals surface area contributed by atoms with E-state index in [1.165, 1.54) is 4.68 Å². The Balaban J connectivity index is 1.99. The Hall–Kier alpha value is -2.87. The third-order valence-electron chi connectivity index (χ3n) is 3.87. The van der Waals surface area contributed by atoms with Crippen LogP contribution in [0.15, 0.2) is 47.6 Å². The van der Waals surface area contributed by atoms with Crippen LogP contribution in [0.3, 0.4) is 0 Å². The van der Waals surface area contributed by atoms with Crippen molar-refractivity contribution in [1.29, 1.82) is 0 Å². The predicted molar refractivity (Wildman–Crippen MR) is 99.0 cm³/mol. The molecule has 0 atom stereocenters. The fourth-order valence-electron chi connectivity index (χ4n) is 2.68. The van der Waals surface area contributed by atoms with Gasteiger partial charge >= 0.3 is 0 Å². The van der Waals surface area contributed by atoms with Crippen molar-refractivity contribution in [3.8, 4) is 11.6 Å². The molecule has 0 saturated heterocycles. The van der Waals surface area contributed by atoms with Crippen LogP contribution < -0.4 is 9.46 Å². The van der Waals surface area contributed by atoms with Crippen molar-refractivity contribution >= 4 is 15.7 Å². The second-order valence-corrected chi connectivity index (χ2v) is 7.71. The standard InChI is InChI=1S/C18H20N4O3S/c1-12-7-8-16(13(2)10-12)26(23,24)21-17-14(3)20-22(4)18(17)25-15-6-5-9-19-11-15/h5-11,21H,1-4H3. The van der Waals surface area contributed by atoms with Gasteiger partial charge < -0.3 is 4.74 Å². The van der Waals surface area contributed by atoms with Crippen LogP contribution in [0.4, 0.5) is 5.69 Å². The van der Waals surface area contributed by atoms with Crippen LogP contribution in [0.5, 0.6) is 11.6 Å². The molecule has 0 radical (unpaired) electrons. The zero-order chi connectivity index (χ0) is 18.9. The first-order chi connectivity index (χ1) is 12.3. The molecule has 26 heavy (non-hydrogen) atoms. The maximum Gasteiger partial charge on any atom is 0.262 e. The van der Waals surface area contributed by atoms with Crippen molar-refractivity contribution in [2.75, 3.05) is 4.72 Å². The number of anilines is 1. The van der Waals surface area contributed by atoms with Crippen molar-refractivity contribution in [2.24, 2.45) is 7.05 Å². The van der Waals surface area contributed by atoms with E-state index in [-0.39, 0.29) is 4.90 Å². The summed E-state index contributed by atoms with van der Waals surface area (Å²) in [6, 6.07) is 8.67. The van der Waals surface area contributed by atoms with E-state index in [0.29, 0.717) is 28.6 Å². The summed E-state index contributed by atoms with van der Waals surface area (Å²) in [6.07, 6.45) is 3.18. The van der Waals surface area contributed by atoms with E-state index in [1.807, 2.05) is 13.0 Å². The van der Waals surface area contributed by atoms with Crippen LogP contribution in [0.2, 0.25) is 0 Å². The average Bonchev–Trinajstić information content (AvgIpc) is 2.82. The maximum absolute atomic E-state index is 12.9. The van der Waals surface area contributed by atoms with Crippen molar-refractivity contribution in [2.45, 2.75) is 25.7 Å². The normalized spacial score (nSPS) is 11.4. The third kappa shape index (κ3) is 3.55. The Bertz CT molecular complexity index is 1040. The molecule has 8 heteroatoms. The number of aryl methyl sites for hydroxylation is 4. The van der Waals surface area contributed by atoms with Gasteiger partial charge in [0.1, 0.15) is 11.4 Å². The molecule has 0 aliphatic rings. The van der Waals surface area contributed by atoms with Gasteiger partial charge in [0, 0.05) is 13.2 Å². The van der Waals surface area contributed by atoms with Crippen molar-refractivity contribution in [3.05, 3.63) is 59.5 Å². The van der Waals surface area contributed by atoms with E-state index in [1.54, 1.807) is 57.6 Å². The quantitative estimate of drug-likeness (QED) is 0.742. The number of nitrogens with one attached hydrogen (secondary N) is 1. The molecule has 0 aliphatic heterocycles. The highest BCUT2D eigenvalue weighted by atomic mass is 32.2. The number of sulfonamides is 1. The molecule has 0 unspecified atom stereocenters. The van der Waals surface area contributed by atoms with Crippen molar-refractivity contribution < 1.29 is 13.2 Å². The van der Waals surface area contributed by atoms with Gasteiger partial charge in [0.05, 0.1) is 16.8 Å². The lowest BCUT2D eigenvalue weighted by Gasteiger charge is -2.13. The molecule has 136 valence electrons. The molecular weight excluding hydrogens is 352 g/mol. The molecule has 2 aromatic heterocycles. The van der Waals surface area contributed by atoms with Crippen LogP contribution in [-0.2, 0) is 17.1 Å². The van der Waals surface area contributed by atoms with E-state index < -0.39 is 10.0 Å². The van der Waals surface area contributed by atoms with Gasteiger partial charge in [-0.3, -0.25) is 9.71 Å². The minimum absolute atomic E-state index is 0.221. The number of hydrogen-bond acceptors (Lipinski definition) is 5. The number of benzene rings is 1. The molecule has 1 N–H and O–H groups in total.